The minimum atomic E-state index is -4.63. The van der Waals surface area contributed by atoms with Gasteiger partial charge in [-0.1, -0.05) is 13.8 Å². The Bertz CT molecular complexity index is 261. The van der Waals surface area contributed by atoms with Crippen molar-refractivity contribution in [3.8, 4) is 0 Å². The molecule has 0 aliphatic heterocycles. The smallest absolute Gasteiger partial charge is 0.308 e. The number of hydrogen-bond acceptors (Lipinski definition) is 3. The van der Waals surface area contributed by atoms with Crippen LogP contribution < -0.4 is 0 Å². The molecule has 0 aromatic rings. The van der Waals surface area contributed by atoms with E-state index in [1.165, 1.54) is 6.92 Å². The molecule has 0 spiro atoms. The first kappa shape index (κ1) is 15.1. The molecule has 16 heavy (non-hydrogen) atoms. The van der Waals surface area contributed by atoms with Crippen LogP contribution in [0.15, 0.2) is 0 Å². The van der Waals surface area contributed by atoms with Crippen LogP contribution in [0.25, 0.3) is 0 Å². The summed E-state index contributed by atoms with van der Waals surface area (Å²) in [6, 6.07) is 0. The fourth-order valence-corrected chi connectivity index (χ4v) is 1.31. The molecule has 0 aromatic carbocycles. The van der Waals surface area contributed by atoms with Crippen LogP contribution in [-0.2, 0) is 0 Å². The first-order valence-electron chi connectivity index (χ1n) is 5.11. The molecule has 0 aliphatic rings. The molecule has 94 valence electrons. The molecule has 0 bridgehead atoms. The SMILES string of the molecule is CCCN(C)CC(=N)C(C)C(=N)C(F)(F)F. The van der Waals surface area contributed by atoms with E-state index in [-0.39, 0.29) is 12.3 Å². The number of alkyl halides is 3. The molecule has 1 unspecified atom stereocenters. The summed E-state index contributed by atoms with van der Waals surface area (Å²) in [6.07, 6.45) is -3.75. The van der Waals surface area contributed by atoms with E-state index in [4.69, 9.17) is 10.8 Å². The van der Waals surface area contributed by atoms with Crippen molar-refractivity contribution in [3.05, 3.63) is 0 Å². The van der Waals surface area contributed by atoms with Crippen molar-refractivity contribution in [3.63, 3.8) is 0 Å². The molecule has 0 aromatic heterocycles. The number of rotatable bonds is 6. The van der Waals surface area contributed by atoms with E-state index in [0.29, 0.717) is 0 Å². The molecule has 0 rings (SSSR count). The summed E-state index contributed by atoms with van der Waals surface area (Å²) in [6.45, 7) is 4.11. The first-order chi connectivity index (χ1) is 7.20. The molecule has 0 aliphatic carbocycles. The maximum absolute atomic E-state index is 12.2. The largest absolute Gasteiger partial charge is 0.429 e. The van der Waals surface area contributed by atoms with Gasteiger partial charge in [0.25, 0.3) is 0 Å². The van der Waals surface area contributed by atoms with Crippen molar-refractivity contribution in [1.82, 2.24) is 4.90 Å². The molecule has 3 nitrogen and oxygen atoms in total. The Labute approximate surface area is 93.7 Å². The molecular weight excluding hydrogens is 219 g/mol. The first-order valence-corrected chi connectivity index (χ1v) is 5.11. The Morgan fingerprint density at radius 2 is 1.81 bits per heavy atom. The van der Waals surface area contributed by atoms with E-state index in [1.54, 1.807) is 11.9 Å². The molecule has 6 heteroatoms. The zero-order valence-electron chi connectivity index (χ0n) is 9.78. The van der Waals surface area contributed by atoms with Gasteiger partial charge in [-0.25, -0.2) is 0 Å². The van der Waals surface area contributed by atoms with Crippen LogP contribution in [0.3, 0.4) is 0 Å². The second kappa shape index (κ2) is 5.98. The van der Waals surface area contributed by atoms with E-state index in [0.717, 1.165) is 13.0 Å². The minimum Gasteiger partial charge on any atom is -0.308 e. The summed E-state index contributed by atoms with van der Waals surface area (Å²) in [4.78, 5) is 1.78. The van der Waals surface area contributed by atoms with Crippen molar-refractivity contribution in [2.24, 2.45) is 5.92 Å². The van der Waals surface area contributed by atoms with Crippen LogP contribution in [-0.4, -0.2) is 42.6 Å². The molecular formula is C10H18F3N3. The summed E-state index contributed by atoms with van der Waals surface area (Å²) in [5.74, 6) is -1.17. The molecule has 0 saturated carbocycles. The van der Waals surface area contributed by atoms with Gasteiger partial charge in [-0.15, -0.1) is 0 Å². The van der Waals surface area contributed by atoms with E-state index >= 15 is 0 Å². The van der Waals surface area contributed by atoms with E-state index in [9.17, 15) is 13.2 Å². The summed E-state index contributed by atoms with van der Waals surface area (Å²) >= 11 is 0. The molecule has 2 N–H and O–H groups in total. The highest BCUT2D eigenvalue weighted by atomic mass is 19.4. The lowest BCUT2D eigenvalue weighted by molar-refractivity contribution is -0.0622. The van der Waals surface area contributed by atoms with Crippen molar-refractivity contribution < 1.29 is 13.2 Å². The van der Waals surface area contributed by atoms with Gasteiger partial charge in [-0.3, -0.25) is 5.41 Å². The molecule has 0 amide bonds. The average Bonchev–Trinajstić information content (AvgIpc) is 2.14. The highest BCUT2D eigenvalue weighted by Gasteiger charge is 2.38. The predicted octanol–water partition coefficient (Wildman–Crippen LogP) is 2.57. The topological polar surface area (TPSA) is 50.9 Å². The van der Waals surface area contributed by atoms with E-state index in [2.05, 4.69) is 0 Å². The van der Waals surface area contributed by atoms with Crippen LogP contribution in [0, 0.1) is 16.7 Å². The Morgan fingerprint density at radius 1 is 1.31 bits per heavy atom. The third-order valence-electron chi connectivity index (χ3n) is 2.31. The summed E-state index contributed by atoms with van der Waals surface area (Å²) in [5, 5.41) is 14.5. The van der Waals surface area contributed by atoms with Crippen LogP contribution in [0.2, 0.25) is 0 Å². The normalized spacial score (nSPS) is 13.9. The Kier molecular flexibility index (Phi) is 5.64. The average molecular weight is 237 g/mol. The summed E-state index contributed by atoms with van der Waals surface area (Å²) < 4.78 is 36.6. The van der Waals surface area contributed by atoms with Gasteiger partial charge < -0.3 is 10.3 Å². The van der Waals surface area contributed by atoms with Gasteiger partial charge >= 0.3 is 6.18 Å². The van der Waals surface area contributed by atoms with Gasteiger partial charge in [0.2, 0.25) is 0 Å². The second-order valence-electron chi connectivity index (χ2n) is 3.90. The van der Waals surface area contributed by atoms with Crippen LogP contribution in [0.1, 0.15) is 20.3 Å². The van der Waals surface area contributed by atoms with Crippen molar-refractivity contribution >= 4 is 11.4 Å². The molecule has 0 heterocycles. The fourth-order valence-electron chi connectivity index (χ4n) is 1.31. The zero-order chi connectivity index (χ0) is 12.9. The van der Waals surface area contributed by atoms with Crippen molar-refractivity contribution in [2.75, 3.05) is 20.1 Å². The van der Waals surface area contributed by atoms with Crippen molar-refractivity contribution in [2.45, 2.75) is 26.4 Å². The van der Waals surface area contributed by atoms with E-state index < -0.39 is 17.8 Å². The lowest BCUT2D eigenvalue weighted by Gasteiger charge is -2.21. The molecule has 1 atom stereocenters. The maximum Gasteiger partial charge on any atom is 0.429 e. The van der Waals surface area contributed by atoms with Crippen LogP contribution in [0.5, 0.6) is 0 Å². The quantitative estimate of drug-likeness (QED) is 0.685. The summed E-state index contributed by atoms with van der Waals surface area (Å²) in [5.41, 5.74) is -1.42. The minimum absolute atomic E-state index is 0.0710. The fraction of sp³-hybridized carbons (Fsp3) is 0.800. The van der Waals surface area contributed by atoms with Gasteiger partial charge in [0.05, 0.1) is 0 Å². The van der Waals surface area contributed by atoms with Crippen molar-refractivity contribution in [1.29, 1.82) is 10.8 Å². The van der Waals surface area contributed by atoms with Gasteiger partial charge in [-0.05, 0) is 20.0 Å². The Hall–Kier alpha value is -0.910. The van der Waals surface area contributed by atoms with Crippen LogP contribution >= 0.6 is 0 Å². The van der Waals surface area contributed by atoms with Gasteiger partial charge in [-0.2, -0.15) is 13.2 Å². The zero-order valence-corrected chi connectivity index (χ0v) is 9.78. The lowest BCUT2D eigenvalue weighted by atomic mass is 9.99. The second-order valence-corrected chi connectivity index (χ2v) is 3.90. The highest BCUT2D eigenvalue weighted by Crippen LogP contribution is 2.21. The highest BCUT2D eigenvalue weighted by molar-refractivity contribution is 6.07. The standard InChI is InChI=1S/C10H18F3N3/c1-4-5-16(3)6-8(14)7(2)9(15)10(11,12)13/h7,14-15H,4-6H2,1-3H3. The number of hydrogen-bond donors (Lipinski definition) is 2. The Morgan fingerprint density at radius 3 is 2.19 bits per heavy atom. The molecule has 0 radical (unpaired) electrons. The lowest BCUT2D eigenvalue weighted by Crippen LogP contribution is -2.37. The number of halogens is 3. The van der Waals surface area contributed by atoms with E-state index in [1.807, 2.05) is 6.92 Å². The third kappa shape index (κ3) is 4.74. The predicted molar refractivity (Wildman–Crippen MR) is 58.5 cm³/mol. The maximum atomic E-state index is 12.2. The van der Waals surface area contributed by atoms with Gasteiger partial charge in [0, 0.05) is 18.2 Å². The Balaban J connectivity index is 4.35. The van der Waals surface area contributed by atoms with Gasteiger partial charge in [0.15, 0.2) is 0 Å². The third-order valence-corrected chi connectivity index (χ3v) is 2.31. The monoisotopic (exact) mass is 237 g/mol. The summed E-state index contributed by atoms with van der Waals surface area (Å²) in [7, 11) is 1.75. The number of nitrogens with one attached hydrogen (secondary N) is 2. The van der Waals surface area contributed by atoms with Crippen LogP contribution in [0.4, 0.5) is 13.2 Å². The van der Waals surface area contributed by atoms with Gasteiger partial charge in [0.1, 0.15) is 5.71 Å². The molecule has 0 fully saturated rings. The molecule has 0 saturated heterocycles. The number of nitrogens with zero attached hydrogens (tertiary/aromatic N) is 1.